The highest BCUT2D eigenvalue weighted by molar-refractivity contribution is 6.01. The summed E-state index contributed by atoms with van der Waals surface area (Å²) < 4.78 is 14.0. The lowest BCUT2D eigenvalue weighted by Crippen LogP contribution is -2.39. The summed E-state index contributed by atoms with van der Waals surface area (Å²) in [6, 6.07) is 14.7. The smallest absolute Gasteiger partial charge is 0.204 e. The molecule has 0 radical (unpaired) electrons. The van der Waals surface area contributed by atoms with Crippen LogP contribution in [0.2, 0.25) is 0 Å². The Morgan fingerprint density at radius 1 is 0.652 bits per heavy atom. The molecule has 0 saturated heterocycles. The fraction of sp³-hybridized carbons (Fsp3) is 0.296. The summed E-state index contributed by atoms with van der Waals surface area (Å²) in [4.78, 5) is 26.9. The van der Waals surface area contributed by atoms with E-state index in [1.165, 1.54) is 6.33 Å². The number of ketones is 2. The molecule has 2 unspecified atom stereocenters. The van der Waals surface area contributed by atoms with E-state index >= 15 is 0 Å². The molecule has 6 rings (SSSR count). The van der Waals surface area contributed by atoms with Gasteiger partial charge in [0, 0.05) is 18.4 Å². The number of allylic oxidation sites excluding steroid dienone is 20. The maximum absolute atomic E-state index is 13.4. The summed E-state index contributed by atoms with van der Waals surface area (Å²) in [6.07, 6.45) is 30.4. The Bertz CT molecular complexity index is 2530. The predicted molar refractivity (Wildman–Crippen MR) is 261 cm³/mol. The van der Waals surface area contributed by atoms with Gasteiger partial charge in [-0.2, -0.15) is 5.21 Å². The van der Waals surface area contributed by atoms with Crippen molar-refractivity contribution in [2.24, 2.45) is 10.8 Å². The Morgan fingerprint density at radius 2 is 1.11 bits per heavy atom. The summed E-state index contributed by atoms with van der Waals surface area (Å²) in [6.45, 7) is 20.6. The van der Waals surface area contributed by atoms with Crippen molar-refractivity contribution in [2.45, 2.75) is 94.3 Å². The zero-order valence-corrected chi connectivity index (χ0v) is 39.6. The van der Waals surface area contributed by atoms with Crippen molar-refractivity contribution in [1.82, 2.24) is 40.8 Å². The number of hydrogen-bond donors (Lipinski definition) is 1. The Kier molecular flexibility index (Phi) is 15.7. The molecule has 2 aliphatic rings. The van der Waals surface area contributed by atoms with E-state index in [0.717, 1.165) is 55.8 Å². The molecule has 4 aromatic rings. The number of aromatic amines is 1. The Morgan fingerprint density at radius 3 is 1.55 bits per heavy atom. The molecule has 12 nitrogen and oxygen atoms in total. The number of Topliss-reactive ketones (excluding diaryl/α,β-unsaturated/α-hetero) is 2. The molecule has 0 saturated carbocycles. The summed E-state index contributed by atoms with van der Waals surface area (Å²) >= 11 is 0. The molecule has 0 bridgehead atoms. The van der Waals surface area contributed by atoms with Crippen molar-refractivity contribution >= 4 is 11.6 Å². The number of carbonyl (C=O) groups is 2. The second-order valence-electron chi connectivity index (χ2n) is 18.1. The van der Waals surface area contributed by atoms with Gasteiger partial charge in [-0.1, -0.05) is 135 Å². The number of H-pyrrole nitrogens is 1. The first-order chi connectivity index (χ1) is 31.5. The van der Waals surface area contributed by atoms with Crippen molar-refractivity contribution in [3.63, 3.8) is 0 Å². The van der Waals surface area contributed by atoms with Crippen LogP contribution >= 0.6 is 0 Å². The SMILES string of the molecule is CC(C=CC=C(C)C=CC1=C(C)C(=O)C(Oc2ccc(-c3nn[nH]n3)cc2)CC1(C)C)=CC=CC=C(C)C=CC=C(C)C=CC1=C(C)C(=O)C(Oc2ccc(-n3cnnn3)cc2)CC1(C)C. The van der Waals surface area contributed by atoms with E-state index in [1.54, 1.807) is 4.68 Å². The van der Waals surface area contributed by atoms with Gasteiger partial charge in [0.25, 0.3) is 0 Å². The fourth-order valence-corrected chi connectivity index (χ4v) is 8.01. The van der Waals surface area contributed by atoms with E-state index in [2.05, 4.69) is 152 Å². The van der Waals surface area contributed by atoms with Crippen LogP contribution < -0.4 is 9.47 Å². The number of nitrogens with one attached hydrogen (secondary N) is 1. The number of tetrazole rings is 2. The highest BCUT2D eigenvalue weighted by Crippen LogP contribution is 2.42. The molecule has 2 aliphatic carbocycles. The molecule has 2 aromatic carbocycles. The summed E-state index contributed by atoms with van der Waals surface area (Å²) in [5.41, 5.74) is 8.97. The minimum atomic E-state index is -0.564. The highest BCUT2D eigenvalue weighted by atomic mass is 16.5. The zero-order valence-electron chi connectivity index (χ0n) is 39.6. The van der Waals surface area contributed by atoms with Crippen LogP contribution in [0, 0.1) is 10.8 Å². The van der Waals surface area contributed by atoms with Crippen molar-refractivity contribution in [2.75, 3.05) is 0 Å². The molecule has 0 aliphatic heterocycles. The molecule has 0 spiro atoms. The van der Waals surface area contributed by atoms with Gasteiger partial charge in [-0.05, 0) is 139 Å². The third-order valence-electron chi connectivity index (χ3n) is 11.7. The lowest BCUT2D eigenvalue weighted by atomic mass is 9.71. The third-order valence-corrected chi connectivity index (χ3v) is 11.7. The monoisotopic (exact) mass is 884 g/mol. The van der Waals surface area contributed by atoms with E-state index in [-0.39, 0.29) is 22.4 Å². The third kappa shape index (κ3) is 12.7. The summed E-state index contributed by atoms with van der Waals surface area (Å²) in [5, 5.41) is 25.3. The van der Waals surface area contributed by atoms with Gasteiger partial charge in [0.2, 0.25) is 5.82 Å². The van der Waals surface area contributed by atoms with Crippen LogP contribution in [-0.4, -0.2) is 64.6 Å². The molecule has 2 atom stereocenters. The maximum Gasteiger partial charge on any atom is 0.204 e. The van der Waals surface area contributed by atoms with Crippen molar-refractivity contribution in [3.8, 4) is 28.6 Å². The number of ether oxygens (including phenoxy) is 2. The second-order valence-corrected chi connectivity index (χ2v) is 18.1. The minimum absolute atomic E-state index is 0.000806. The normalized spacial score (nSPS) is 20.1. The van der Waals surface area contributed by atoms with Gasteiger partial charge in [-0.25, -0.2) is 4.68 Å². The van der Waals surface area contributed by atoms with Crippen LogP contribution in [0.4, 0.5) is 0 Å². The van der Waals surface area contributed by atoms with E-state index in [4.69, 9.17) is 9.47 Å². The average Bonchev–Trinajstić information content (AvgIpc) is 4.03. The topological polar surface area (TPSA) is 151 Å². The molecule has 2 aromatic heterocycles. The number of benzene rings is 2. The van der Waals surface area contributed by atoms with Crippen molar-refractivity contribution in [3.05, 3.63) is 185 Å². The van der Waals surface area contributed by atoms with Gasteiger partial charge < -0.3 is 9.47 Å². The number of carbonyl (C=O) groups excluding carboxylic acids is 2. The molecule has 0 fully saturated rings. The Balaban J connectivity index is 0.969. The van der Waals surface area contributed by atoms with Crippen LogP contribution in [0.5, 0.6) is 11.5 Å². The van der Waals surface area contributed by atoms with Crippen molar-refractivity contribution < 1.29 is 19.1 Å². The molecule has 0 amide bonds. The first-order valence-corrected chi connectivity index (χ1v) is 22.1. The summed E-state index contributed by atoms with van der Waals surface area (Å²) in [7, 11) is 0. The number of hydrogen-bond acceptors (Lipinski definition) is 10. The predicted octanol–water partition coefficient (Wildman–Crippen LogP) is 11.2. The Labute approximate surface area is 388 Å². The quantitative estimate of drug-likeness (QED) is 0.108. The van der Waals surface area contributed by atoms with E-state index in [1.807, 2.05) is 86.7 Å². The molecule has 340 valence electrons. The first kappa shape index (κ1) is 48.1. The molecular weight excluding hydrogens is 825 g/mol. The number of nitrogens with zero attached hydrogens (tertiary/aromatic N) is 7. The standard InChI is InChI=1S/C54H60N8O4/c1-36(17-13-19-38(3)21-31-46-40(5)50(63)48(33-53(46,7)8)65-44-27-23-42(24-28-44)52-56-59-60-57-52)15-11-12-16-37(2)18-14-20-39(4)22-32-47-41(6)51(64)49(34-54(47,9)10)66-45-29-25-43(26-30-45)62-35-55-58-61-62/h11-32,35,48-49H,33-34H2,1-10H3,(H,56,57,59,60). The van der Waals surface area contributed by atoms with Gasteiger partial charge in [0.1, 0.15) is 17.8 Å². The van der Waals surface area contributed by atoms with Gasteiger partial charge in [-0.3, -0.25) is 9.59 Å². The number of rotatable bonds is 16. The van der Waals surface area contributed by atoms with E-state index < -0.39 is 12.2 Å². The van der Waals surface area contributed by atoms with Crippen LogP contribution in [0.15, 0.2) is 185 Å². The second kappa shape index (κ2) is 21.6. The Hall–Kier alpha value is -7.34. The zero-order chi connectivity index (χ0) is 47.4. The molecule has 12 heteroatoms. The van der Waals surface area contributed by atoms with Crippen LogP contribution in [0.3, 0.4) is 0 Å². The number of aromatic nitrogens is 8. The molecule has 2 heterocycles. The largest absolute Gasteiger partial charge is 0.482 e. The molecular formula is C54H60N8O4. The van der Waals surface area contributed by atoms with Gasteiger partial charge >= 0.3 is 0 Å². The van der Waals surface area contributed by atoms with Crippen LogP contribution in [-0.2, 0) is 9.59 Å². The maximum atomic E-state index is 13.4. The lowest BCUT2D eigenvalue weighted by molar-refractivity contribution is -0.124. The van der Waals surface area contributed by atoms with E-state index in [9.17, 15) is 9.59 Å². The van der Waals surface area contributed by atoms with Gasteiger partial charge in [0.15, 0.2) is 23.8 Å². The highest BCUT2D eigenvalue weighted by Gasteiger charge is 2.40. The van der Waals surface area contributed by atoms with Gasteiger partial charge in [-0.15, -0.1) is 15.3 Å². The van der Waals surface area contributed by atoms with Crippen LogP contribution in [0.25, 0.3) is 17.1 Å². The summed E-state index contributed by atoms with van der Waals surface area (Å²) in [5.74, 6) is 1.75. The van der Waals surface area contributed by atoms with Gasteiger partial charge in [0.05, 0.1) is 5.69 Å². The fourth-order valence-electron chi connectivity index (χ4n) is 8.01. The lowest BCUT2D eigenvalue weighted by Gasteiger charge is -2.36. The molecule has 1 N–H and O–H groups in total. The average molecular weight is 885 g/mol. The molecule has 66 heavy (non-hydrogen) atoms. The minimum Gasteiger partial charge on any atom is -0.482 e. The van der Waals surface area contributed by atoms with Crippen LogP contribution in [0.1, 0.15) is 82.1 Å². The van der Waals surface area contributed by atoms with Crippen molar-refractivity contribution in [1.29, 1.82) is 0 Å². The first-order valence-electron chi connectivity index (χ1n) is 22.1. The van der Waals surface area contributed by atoms with E-state index in [0.29, 0.717) is 30.2 Å².